The summed E-state index contributed by atoms with van der Waals surface area (Å²) in [5, 5.41) is 2.51. The smallest absolute Gasteiger partial charge is 0.420 e. The Kier molecular flexibility index (Phi) is 7.08. The van der Waals surface area contributed by atoms with Gasteiger partial charge in [0.25, 0.3) is 5.91 Å². The zero-order chi connectivity index (χ0) is 18.4. The van der Waals surface area contributed by atoms with E-state index in [-0.39, 0.29) is 18.0 Å². The molecule has 24 heavy (non-hydrogen) atoms. The predicted octanol–water partition coefficient (Wildman–Crippen LogP) is 4.64. The van der Waals surface area contributed by atoms with Gasteiger partial charge in [-0.1, -0.05) is 13.3 Å². The van der Waals surface area contributed by atoms with Gasteiger partial charge in [-0.15, -0.1) is 0 Å². The van der Waals surface area contributed by atoms with E-state index < -0.39 is 23.2 Å². The van der Waals surface area contributed by atoms with Crippen LogP contribution in [0.4, 0.5) is 18.9 Å². The standard InChI is InChI=1S/C17H24F3NO3/c1-5-10-16(4,24-7-3)15(22)21-12-8-9-14(23-6-2)13(11-12)17(18,19)20/h8-9,11H,5-7,10H2,1-4H3,(H,21,22)/t16-/m0/s1. The van der Waals surface area contributed by atoms with Gasteiger partial charge in [-0.2, -0.15) is 13.2 Å². The Morgan fingerprint density at radius 3 is 2.33 bits per heavy atom. The summed E-state index contributed by atoms with van der Waals surface area (Å²) in [5.74, 6) is -0.729. The van der Waals surface area contributed by atoms with Gasteiger partial charge in [-0.3, -0.25) is 4.79 Å². The molecule has 4 nitrogen and oxygen atoms in total. The monoisotopic (exact) mass is 347 g/mol. The number of hydrogen-bond donors (Lipinski definition) is 1. The molecule has 0 aliphatic heterocycles. The second kappa shape index (κ2) is 8.37. The minimum atomic E-state index is -4.57. The van der Waals surface area contributed by atoms with Gasteiger partial charge in [-0.05, 0) is 45.4 Å². The molecule has 0 aliphatic carbocycles. The van der Waals surface area contributed by atoms with Gasteiger partial charge in [0.15, 0.2) is 0 Å². The molecule has 0 spiro atoms. The summed E-state index contributed by atoms with van der Waals surface area (Å²) >= 11 is 0. The van der Waals surface area contributed by atoms with Crippen LogP contribution in [0.3, 0.4) is 0 Å². The molecule has 1 aromatic rings. The lowest BCUT2D eigenvalue weighted by molar-refractivity contribution is -0.140. The molecule has 0 aliphatic rings. The van der Waals surface area contributed by atoms with Crippen molar-refractivity contribution in [3.63, 3.8) is 0 Å². The summed E-state index contributed by atoms with van der Waals surface area (Å²) < 4.78 is 50.0. The molecule has 0 bridgehead atoms. The Morgan fingerprint density at radius 2 is 1.83 bits per heavy atom. The lowest BCUT2D eigenvalue weighted by Gasteiger charge is -2.28. The summed E-state index contributed by atoms with van der Waals surface area (Å²) in [7, 11) is 0. The van der Waals surface area contributed by atoms with Crippen LogP contribution in [0.1, 0.15) is 46.1 Å². The van der Waals surface area contributed by atoms with E-state index in [1.165, 1.54) is 12.1 Å². The number of rotatable bonds is 8. The molecular weight excluding hydrogens is 323 g/mol. The first-order valence-electron chi connectivity index (χ1n) is 7.97. The van der Waals surface area contributed by atoms with E-state index in [0.29, 0.717) is 19.4 Å². The first-order valence-corrected chi connectivity index (χ1v) is 7.97. The third kappa shape index (κ3) is 5.12. The quantitative estimate of drug-likeness (QED) is 0.745. The number of anilines is 1. The van der Waals surface area contributed by atoms with E-state index in [0.717, 1.165) is 6.07 Å². The summed E-state index contributed by atoms with van der Waals surface area (Å²) in [4.78, 5) is 12.4. The Bertz CT molecular complexity index is 553. The number of nitrogens with one attached hydrogen (secondary N) is 1. The molecule has 1 rings (SSSR count). The Hall–Kier alpha value is -1.76. The van der Waals surface area contributed by atoms with Crippen molar-refractivity contribution in [1.29, 1.82) is 0 Å². The largest absolute Gasteiger partial charge is 0.493 e. The molecule has 1 N–H and O–H groups in total. The number of carbonyl (C=O) groups is 1. The number of carbonyl (C=O) groups excluding carboxylic acids is 1. The molecule has 0 heterocycles. The van der Waals surface area contributed by atoms with Crippen LogP contribution in [0.2, 0.25) is 0 Å². The highest BCUT2D eigenvalue weighted by Crippen LogP contribution is 2.38. The zero-order valence-corrected chi connectivity index (χ0v) is 14.4. The minimum Gasteiger partial charge on any atom is -0.493 e. The second-order valence-corrected chi connectivity index (χ2v) is 5.51. The topological polar surface area (TPSA) is 47.6 Å². The van der Waals surface area contributed by atoms with Crippen LogP contribution in [0.25, 0.3) is 0 Å². The average molecular weight is 347 g/mol. The molecule has 1 amide bonds. The molecule has 0 aromatic heterocycles. The van der Waals surface area contributed by atoms with Crippen LogP contribution in [0, 0.1) is 0 Å². The fourth-order valence-corrected chi connectivity index (χ4v) is 2.42. The van der Waals surface area contributed by atoms with E-state index in [1.807, 2.05) is 6.92 Å². The summed E-state index contributed by atoms with van der Waals surface area (Å²) in [6.07, 6.45) is -3.39. The first kappa shape index (κ1) is 20.3. The molecule has 0 fully saturated rings. The van der Waals surface area contributed by atoms with Crippen LogP contribution in [-0.4, -0.2) is 24.7 Å². The maximum Gasteiger partial charge on any atom is 0.420 e. The Labute approximate surface area is 140 Å². The molecule has 1 aromatic carbocycles. The van der Waals surface area contributed by atoms with Crippen molar-refractivity contribution in [2.24, 2.45) is 0 Å². The fraction of sp³-hybridized carbons (Fsp3) is 0.588. The SMILES string of the molecule is CCC[C@](C)(OCC)C(=O)Nc1ccc(OCC)c(C(F)(F)F)c1. The van der Waals surface area contributed by atoms with Crippen molar-refractivity contribution in [3.8, 4) is 5.75 Å². The number of benzene rings is 1. The van der Waals surface area contributed by atoms with Crippen LogP contribution >= 0.6 is 0 Å². The normalized spacial score (nSPS) is 14.1. The van der Waals surface area contributed by atoms with Crippen LogP contribution in [0.5, 0.6) is 5.75 Å². The van der Waals surface area contributed by atoms with E-state index in [1.54, 1.807) is 20.8 Å². The van der Waals surface area contributed by atoms with Crippen molar-refractivity contribution in [3.05, 3.63) is 23.8 Å². The summed E-state index contributed by atoms with van der Waals surface area (Å²) in [6, 6.07) is 3.47. The van der Waals surface area contributed by atoms with Gasteiger partial charge in [0, 0.05) is 12.3 Å². The van der Waals surface area contributed by atoms with E-state index >= 15 is 0 Å². The summed E-state index contributed by atoms with van der Waals surface area (Å²) in [5.41, 5.74) is -1.95. The Balaban J connectivity index is 3.08. The van der Waals surface area contributed by atoms with Gasteiger partial charge < -0.3 is 14.8 Å². The Morgan fingerprint density at radius 1 is 1.17 bits per heavy atom. The highest BCUT2D eigenvalue weighted by molar-refractivity contribution is 5.97. The molecule has 1 atom stereocenters. The molecular formula is C17H24F3NO3. The molecule has 0 unspecified atom stereocenters. The lowest BCUT2D eigenvalue weighted by Crippen LogP contribution is -2.42. The number of halogens is 3. The van der Waals surface area contributed by atoms with Gasteiger partial charge >= 0.3 is 6.18 Å². The first-order chi connectivity index (χ1) is 11.2. The zero-order valence-electron chi connectivity index (χ0n) is 14.4. The molecule has 0 radical (unpaired) electrons. The highest BCUT2D eigenvalue weighted by Gasteiger charge is 2.36. The van der Waals surface area contributed by atoms with Gasteiger partial charge in [-0.25, -0.2) is 0 Å². The highest BCUT2D eigenvalue weighted by atomic mass is 19.4. The number of hydrogen-bond acceptors (Lipinski definition) is 3. The maximum atomic E-state index is 13.1. The molecule has 136 valence electrons. The van der Waals surface area contributed by atoms with Crippen molar-refractivity contribution in [1.82, 2.24) is 0 Å². The van der Waals surface area contributed by atoms with Gasteiger partial charge in [0.2, 0.25) is 0 Å². The third-order valence-electron chi connectivity index (χ3n) is 3.51. The van der Waals surface area contributed by atoms with Crippen LogP contribution in [0.15, 0.2) is 18.2 Å². The average Bonchev–Trinajstić information content (AvgIpc) is 2.48. The number of alkyl halides is 3. The van der Waals surface area contributed by atoms with E-state index in [9.17, 15) is 18.0 Å². The minimum absolute atomic E-state index is 0.0535. The van der Waals surface area contributed by atoms with E-state index in [2.05, 4.69) is 5.32 Å². The number of amides is 1. The second-order valence-electron chi connectivity index (χ2n) is 5.51. The molecule has 0 saturated heterocycles. The third-order valence-corrected chi connectivity index (χ3v) is 3.51. The van der Waals surface area contributed by atoms with Gasteiger partial charge in [0.05, 0.1) is 12.2 Å². The predicted molar refractivity (Wildman–Crippen MR) is 86.2 cm³/mol. The molecule has 7 heteroatoms. The lowest BCUT2D eigenvalue weighted by atomic mass is 9.99. The molecule has 0 saturated carbocycles. The number of ether oxygens (including phenoxy) is 2. The van der Waals surface area contributed by atoms with Crippen LogP contribution in [-0.2, 0) is 15.7 Å². The fourth-order valence-electron chi connectivity index (χ4n) is 2.42. The van der Waals surface area contributed by atoms with Crippen molar-refractivity contribution < 1.29 is 27.4 Å². The van der Waals surface area contributed by atoms with Gasteiger partial charge in [0.1, 0.15) is 11.4 Å². The van der Waals surface area contributed by atoms with Crippen molar-refractivity contribution in [2.75, 3.05) is 18.5 Å². The maximum absolute atomic E-state index is 13.1. The summed E-state index contributed by atoms with van der Waals surface area (Å²) in [6.45, 7) is 7.36. The van der Waals surface area contributed by atoms with E-state index in [4.69, 9.17) is 9.47 Å². The van der Waals surface area contributed by atoms with Crippen molar-refractivity contribution >= 4 is 11.6 Å². The van der Waals surface area contributed by atoms with Crippen molar-refractivity contribution in [2.45, 2.75) is 52.3 Å². The van der Waals surface area contributed by atoms with Crippen LogP contribution < -0.4 is 10.1 Å².